The third-order valence-corrected chi connectivity index (χ3v) is 7.41. The maximum absolute atomic E-state index is 14.1. The molecular weight excluding hydrogens is 524 g/mol. The lowest BCUT2D eigenvalue weighted by atomic mass is 9.93. The summed E-state index contributed by atoms with van der Waals surface area (Å²) >= 11 is 0. The van der Waals surface area contributed by atoms with E-state index in [-0.39, 0.29) is 11.8 Å². The van der Waals surface area contributed by atoms with Gasteiger partial charge in [-0.15, -0.1) is 0 Å². The smallest absolute Gasteiger partial charge is 0.254 e. The average Bonchev–Trinajstić information content (AvgIpc) is 3.05. The summed E-state index contributed by atoms with van der Waals surface area (Å²) < 4.78 is 11.1. The van der Waals surface area contributed by atoms with Crippen molar-refractivity contribution in [1.82, 2.24) is 9.80 Å². The van der Waals surface area contributed by atoms with Crippen LogP contribution in [0.4, 0.5) is 0 Å². The summed E-state index contributed by atoms with van der Waals surface area (Å²) in [5.74, 6) is 1.24. The summed E-state index contributed by atoms with van der Waals surface area (Å²) in [6.07, 6.45) is 1.44. The Balaban J connectivity index is 1.64. The number of rotatable bonds is 13. The largest absolute Gasteiger partial charge is 0.493 e. The van der Waals surface area contributed by atoms with Gasteiger partial charge < -0.3 is 19.3 Å². The fraction of sp³-hybridized carbons (Fsp3) is 0.278. The molecule has 4 aromatic rings. The highest BCUT2D eigenvalue weighted by molar-refractivity contribution is 6.06. The number of nitrogens with zero attached hydrogens (tertiary/aromatic N) is 2. The number of amides is 2. The van der Waals surface area contributed by atoms with Gasteiger partial charge in [-0.05, 0) is 60.2 Å². The molecule has 218 valence electrons. The first kappa shape index (κ1) is 30.4. The van der Waals surface area contributed by atoms with Crippen molar-refractivity contribution in [2.24, 2.45) is 0 Å². The highest BCUT2D eigenvalue weighted by Crippen LogP contribution is 2.32. The first-order chi connectivity index (χ1) is 20.5. The van der Waals surface area contributed by atoms with Crippen molar-refractivity contribution in [3.63, 3.8) is 0 Å². The van der Waals surface area contributed by atoms with E-state index in [0.717, 1.165) is 28.7 Å². The molecule has 2 amide bonds. The van der Waals surface area contributed by atoms with Crippen LogP contribution >= 0.6 is 0 Å². The summed E-state index contributed by atoms with van der Waals surface area (Å²) in [6.45, 7) is 6.27. The Morgan fingerprint density at radius 2 is 1.24 bits per heavy atom. The summed E-state index contributed by atoms with van der Waals surface area (Å²) in [5.41, 5.74) is 4.72. The van der Waals surface area contributed by atoms with Crippen LogP contribution in [0.1, 0.15) is 52.1 Å². The van der Waals surface area contributed by atoms with Crippen molar-refractivity contribution in [2.75, 3.05) is 33.9 Å². The lowest BCUT2D eigenvalue weighted by Gasteiger charge is -2.25. The second-order valence-corrected chi connectivity index (χ2v) is 10.1. The molecule has 0 fully saturated rings. The lowest BCUT2D eigenvalue weighted by molar-refractivity contribution is 0.0745. The topological polar surface area (TPSA) is 59.1 Å². The molecule has 0 radical (unpaired) electrons. The second kappa shape index (κ2) is 14.9. The molecule has 4 aromatic carbocycles. The molecule has 0 aliphatic rings. The van der Waals surface area contributed by atoms with Crippen molar-refractivity contribution in [2.45, 2.75) is 33.2 Å². The van der Waals surface area contributed by atoms with Gasteiger partial charge >= 0.3 is 0 Å². The second-order valence-electron chi connectivity index (χ2n) is 10.1. The molecule has 6 heteroatoms. The Bertz CT molecular complexity index is 1480. The van der Waals surface area contributed by atoms with E-state index in [4.69, 9.17) is 9.47 Å². The van der Waals surface area contributed by atoms with Crippen LogP contribution in [0.25, 0.3) is 11.1 Å². The summed E-state index contributed by atoms with van der Waals surface area (Å²) in [7, 11) is 3.25. The molecule has 42 heavy (non-hydrogen) atoms. The summed E-state index contributed by atoms with van der Waals surface area (Å²) in [5, 5.41) is 0. The van der Waals surface area contributed by atoms with Crippen LogP contribution in [0.5, 0.6) is 11.5 Å². The molecule has 0 aromatic heterocycles. The van der Waals surface area contributed by atoms with Crippen molar-refractivity contribution < 1.29 is 19.1 Å². The number of benzene rings is 4. The van der Waals surface area contributed by atoms with Crippen LogP contribution in [0.3, 0.4) is 0 Å². The predicted molar refractivity (Wildman–Crippen MR) is 168 cm³/mol. The first-order valence-corrected chi connectivity index (χ1v) is 14.5. The van der Waals surface area contributed by atoms with E-state index in [1.54, 1.807) is 14.2 Å². The van der Waals surface area contributed by atoms with E-state index < -0.39 is 0 Å². The Morgan fingerprint density at radius 3 is 1.81 bits per heavy atom. The normalized spacial score (nSPS) is 10.7. The molecule has 0 N–H and O–H groups in total. The van der Waals surface area contributed by atoms with Gasteiger partial charge in [-0.2, -0.15) is 0 Å². The van der Waals surface area contributed by atoms with Gasteiger partial charge in [0, 0.05) is 37.3 Å². The zero-order chi connectivity index (χ0) is 29.9. The molecule has 4 rings (SSSR count). The number of hydrogen-bond donors (Lipinski definition) is 0. The minimum Gasteiger partial charge on any atom is -0.493 e. The minimum absolute atomic E-state index is 0.0604. The molecule has 0 spiro atoms. The molecule has 0 unspecified atom stereocenters. The van der Waals surface area contributed by atoms with Crippen LogP contribution in [0, 0.1) is 0 Å². The minimum atomic E-state index is -0.0619. The molecule has 0 bridgehead atoms. The van der Waals surface area contributed by atoms with Crippen LogP contribution in [-0.2, 0) is 13.0 Å². The Labute approximate surface area is 249 Å². The fourth-order valence-corrected chi connectivity index (χ4v) is 5.27. The van der Waals surface area contributed by atoms with Gasteiger partial charge in [-0.1, -0.05) is 85.8 Å². The van der Waals surface area contributed by atoms with Crippen molar-refractivity contribution >= 4 is 11.8 Å². The number of para-hydroxylation sites is 1. The van der Waals surface area contributed by atoms with E-state index in [9.17, 15) is 9.59 Å². The zero-order valence-electron chi connectivity index (χ0n) is 25.0. The van der Waals surface area contributed by atoms with E-state index in [0.29, 0.717) is 55.2 Å². The van der Waals surface area contributed by atoms with E-state index in [2.05, 4.69) is 6.92 Å². The molecular formula is C36H40N2O4. The molecule has 0 atom stereocenters. The van der Waals surface area contributed by atoms with Gasteiger partial charge in [0.2, 0.25) is 0 Å². The Kier molecular flexibility index (Phi) is 10.8. The van der Waals surface area contributed by atoms with E-state index in [1.165, 1.54) is 0 Å². The van der Waals surface area contributed by atoms with Gasteiger partial charge in [0.1, 0.15) is 0 Å². The maximum Gasteiger partial charge on any atom is 0.254 e. The number of hydrogen-bond acceptors (Lipinski definition) is 4. The number of methoxy groups -OCH3 is 2. The Morgan fingerprint density at radius 1 is 0.643 bits per heavy atom. The number of carbonyl (C=O) groups is 2. The van der Waals surface area contributed by atoms with Gasteiger partial charge in [-0.25, -0.2) is 0 Å². The van der Waals surface area contributed by atoms with E-state index in [1.807, 2.05) is 114 Å². The van der Waals surface area contributed by atoms with Crippen molar-refractivity contribution in [1.29, 1.82) is 0 Å². The SMILES string of the molecule is CCCN(CCc1cccc(OC)c1OC)C(=O)c1ccccc1-c1ccccc1C(=O)N(CC)Cc1ccccc1. The third kappa shape index (κ3) is 7.00. The first-order valence-electron chi connectivity index (χ1n) is 14.5. The number of carbonyl (C=O) groups excluding carboxylic acids is 2. The van der Waals surface area contributed by atoms with Crippen molar-refractivity contribution in [3.05, 3.63) is 119 Å². The maximum atomic E-state index is 14.1. The van der Waals surface area contributed by atoms with Gasteiger partial charge in [0.15, 0.2) is 11.5 Å². The fourth-order valence-electron chi connectivity index (χ4n) is 5.27. The number of ether oxygens (including phenoxy) is 2. The van der Waals surface area contributed by atoms with E-state index >= 15 is 0 Å². The van der Waals surface area contributed by atoms with Gasteiger partial charge in [0.05, 0.1) is 14.2 Å². The molecule has 0 heterocycles. The summed E-state index contributed by atoms with van der Waals surface area (Å²) in [4.78, 5) is 31.7. The Hall–Kier alpha value is -4.58. The molecule has 0 saturated carbocycles. The van der Waals surface area contributed by atoms with Gasteiger partial charge in [-0.3, -0.25) is 9.59 Å². The standard InChI is InChI=1S/C36H40N2O4/c1-5-24-38(25-23-28-17-14-22-33(41-3)34(28)42-4)36(40)32-21-13-11-19-30(32)29-18-10-12-20-31(29)35(39)37(6-2)26-27-15-8-7-9-16-27/h7-22H,5-6,23-26H2,1-4H3. The third-order valence-electron chi connectivity index (χ3n) is 7.41. The van der Waals surface area contributed by atoms with Crippen LogP contribution in [0.15, 0.2) is 97.1 Å². The molecule has 0 aliphatic heterocycles. The lowest BCUT2D eigenvalue weighted by Crippen LogP contribution is -2.34. The predicted octanol–water partition coefficient (Wildman–Crippen LogP) is 7.13. The van der Waals surface area contributed by atoms with Crippen LogP contribution in [-0.4, -0.2) is 55.5 Å². The summed E-state index contributed by atoms with van der Waals surface area (Å²) in [6, 6.07) is 31.0. The molecule has 0 saturated heterocycles. The average molecular weight is 565 g/mol. The molecule has 0 aliphatic carbocycles. The van der Waals surface area contributed by atoms with Crippen molar-refractivity contribution in [3.8, 4) is 22.6 Å². The zero-order valence-corrected chi connectivity index (χ0v) is 25.0. The monoisotopic (exact) mass is 564 g/mol. The van der Waals surface area contributed by atoms with Crippen LogP contribution in [0.2, 0.25) is 0 Å². The quantitative estimate of drug-likeness (QED) is 0.173. The highest BCUT2D eigenvalue weighted by atomic mass is 16.5. The highest BCUT2D eigenvalue weighted by Gasteiger charge is 2.24. The van der Waals surface area contributed by atoms with Gasteiger partial charge in [0.25, 0.3) is 11.8 Å². The van der Waals surface area contributed by atoms with Crippen LogP contribution < -0.4 is 9.47 Å². The molecule has 6 nitrogen and oxygen atoms in total.